The third kappa shape index (κ3) is 2.19. The van der Waals surface area contributed by atoms with Crippen LogP contribution in [0.2, 0.25) is 0 Å². The first-order chi connectivity index (χ1) is 5.63. The molecular formula is C9H21N3. The van der Waals surface area contributed by atoms with E-state index in [4.69, 9.17) is 0 Å². The van der Waals surface area contributed by atoms with Crippen LogP contribution in [0.15, 0.2) is 0 Å². The van der Waals surface area contributed by atoms with E-state index in [0.717, 1.165) is 13.1 Å². The van der Waals surface area contributed by atoms with Gasteiger partial charge in [-0.2, -0.15) is 0 Å². The highest BCUT2D eigenvalue weighted by Gasteiger charge is 2.25. The van der Waals surface area contributed by atoms with Gasteiger partial charge in [0.05, 0.1) is 6.17 Å². The maximum atomic E-state index is 3.42. The topological polar surface area (TPSA) is 18.5 Å². The highest BCUT2D eigenvalue weighted by molar-refractivity contribution is 4.79. The zero-order valence-corrected chi connectivity index (χ0v) is 8.67. The van der Waals surface area contributed by atoms with Gasteiger partial charge in [-0.05, 0) is 27.9 Å². The van der Waals surface area contributed by atoms with E-state index in [9.17, 15) is 0 Å². The molecule has 1 N–H and O–H groups in total. The molecule has 72 valence electrons. The van der Waals surface area contributed by atoms with Crippen molar-refractivity contribution in [3.05, 3.63) is 0 Å². The molecule has 0 aromatic carbocycles. The van der Waals surface area contributed by atoms with Gasteiger partial charge in [-0.25, -0.2) is 0 Å². The van der Waals surface area contributed by atoms with Crippen LogP contribution in [0.3, 0.4) is 0 Å². The highest BCUT2D eigenvalue weighted by atomic mass is 15.4. The van der Waals surface area contributed by atoms with E-state index in [1.54, 1.807) is 0 Å². The Morgan fingerprint density at radius 2 is 2.08 bits per heavy atom. The summed E-state index contributed by atoms with van der Waals surface area (Å²) in [6.45, 7) is 7.91. The van der Waals surface area contributed by atoms with Crippen LogP contribution in [-0.4, -0.2) is 55.7 Å². The number of nitrogens with zero attached hydrogens (tertiary/aromatic N) is 2. The lowest BCUT2D eigenvalue weighted by Crippen LogP contribution is -2.59. The molecule has 0 radical (unpaired) electrons. The Morgan fingerprint density at radius 3 is 2.50 bits per heavy atom. The van der Waals surface area contributed by atoms with Crippen molar-refractivity contribution in [2.45, 2.75) is 26.1 Å². The van der Waals surface area contributed by atoms with Crippen LogP contribution >= 0.6 is 0 Å². The third-order valence-electron chi connectivity index (χ3n) is 2.52. The number of hydrogen-bond donors (Lipinski definition) is 1. The van der Waals surface area contributed by atoms with E-state index in [1.165, 1.54) is 6.54 Å². The van der Waals surface area contributed by atoms with Gasteiger partial charge in [0.1, 0.15) is 0 Å². The molecule has 1 aliphatic heterocycles. The maximum Gasteiger partial charge on any atom is 0.0748 e. The molecule has 0 saturated carbocycles. The Bertz CT molecular complexity index is 118. The Balaban J connectivity index is 2.54. The lowest BCUT2D eigenvalue weighted by Gasteiger charge is -2.42. The zero-order valence-electron chi connectivity index (χ0n) is 8.67. The molecule has 1 fully saturated rings. The average molecular weight is 171 g/mol. The number of rotatable bonds is 2. The van der Waals surface area contributed by atoms with Gasteiger partial charge < -0.3 is 5.32 Å². The first kappa shape index (κ1) is 9.96. The molecule has 12 heavy (non-hydrogen) atoms. The minimum Gasteiger partial charge on any atom is -0.313 e. The Morgan fingerprint density at radius 1 is 1.42 bits per heavy atom. The Labute approximate surface area is 75.7 Å². The number of nitrogens with one attached hydrogen (secondary N) is 1. The van der Waals surface area contributed by atoms with E-state index < -0.39 is 0 Å². The monoisotopic (exact) mass is 171 g/mol. The van der Waals surface area contributed by atoms with E-state index in [1.807, 2.05) is 0 Å². The van der Waals surface area contributed by atoms with Crippen molar-refractivity contribution < 1.29 is 0 Å². The molecular weight excluding hydrogens is 150 g/mol. The van der Waals surface area contributed by atoms with Crippen molar-refractivity contribution >= 4 is 0 Å². The fourth-order valence-corrected chi connectivity index (χ4v) is 1.79. The van der Waals surface area contributed by atoms with Gasteiger partial charge in [-0.3, -0.25) is 9.80 Å². The number of likely N-dealkylation sites (N-methyl/N-ethyl adjacent to an activating group) is 1. The second-order valence-electron chi connectivity index (χ2n) is 3.98. The Hall–Kier alpha value is -0.120. The summed E-state index contributed by atoms with van der Waals surface area (Å²) in [5.41, 5.74) is 0. The minimum absolute atomic E-state index is 0.568. The SMILES string of the molecule is CC(C)N1CCNCC1N(C)C. The van der Waals surface area contributed by atoms with Crippen LogP contribution in [0, 0.1) is 0 Å². The van der Waals surface area contributed by atoms with Crippen molar-refractivity contribution in [1.82, 2.24) is 15.1 Å². The standard InChI is InChI=1S/C9H21N3/c1-8(2)12-6-5-10-7-9(12)11(3)4/h8-10H,5-7H2,1-4H3. The first-order valence-electron chi connectivity index (χ1n) is 4.76. The van der Waals surface area contributed by atoms with Gasteiger partial charge in [0.25, 0.3) is 0 Å². The molecule has 3 nitrogen and oxygen atoms in total. The van der Waals surface area contributed by atoms with Crippen LogP contribution in [0.4, 0.5) is 0 Å². The number of piperazine rings is 1. The molecule has 1 unspecified atom stereocenters. The van der Waals surface area contributed by atoms with Crippen LogP contribution in [0.1, 0.15) is 13.8 Å². The fraction of sp³-hybridized carbons (Fsp3) is 1.00. The van der Waals surface area contributed by atoms with Gasteiger partial charge in [0.15, 0.2) is 0 Å². The smallest absolute Gasteiger partial charge is 0.0748 e. The molecule has 0 bridgehead atoms. The van der Waals surface area contributed by atoms with Crippen molar-refractivity contribution in [2.75, 3.05) is 33.7 Å². The summed E-state index contributed by atoms with van der Waals surface area (Å²) in [7, 11) is 4.29. The van der Waals surface area contributed by atoms with Crippen molar-refractivity contribution in [1.29, 1.82) is 0 Å². The third-order valence-corrected chi connectivity index (χ3v) is 2.52. The molecule has 3 heteroatoms. The molecule has 0 aromatic rings. The summed E-state index contributed by atoms with van der Waals surface area (Å²) in [6, 6.07) is 0.652. The average Bonchev–Trinajstić information content (AvgIpc) is 2.04. The highest BCUT2D eigenvalue weighted by Crippen LogP contribution is 2.09. The minimum atomic E-state index is 0.568. The molecule has 0 amide bonds. The number of hydrogen-bond acceptors (Lipinski definition) is 3. The van der Waals surface area contributed by atoms with Gasteiger partial charge in [0.2, 0.25) is 0 Å². The second kappa shape index (κ2) is 4.21. The molecule has 0 aromatic heterocycles. The quantitative estimate of drug-likeness (QED) is 0.640. The van der Waals surface area contributed by atoms with E-state index in [0.29, 0.717) is 12.2 Å². The summed E-state index contributed by atoms with van der Waals surface area (Å²) in [5.74, 6) is 0. The molecule has 0 spiro atoms. The second-order valence-corrected chi connectivity index (χ2v) is 3.98. The molecule has 1 saturated heterocycles. The molecule has 0 aliphatic carbocycles. The van der Waals surface area contributed by atoms with Crippen molar-refractivity contribution in [3.8, 4) is 0 Å². The van der Waals surface area contributed by atoms with Crippen LogP contribution in [0.25, 0.3) is 0 Å². The molecule has 1 atom stereocenters. The summed E-state index contributed by atoms with van der Waals surface area (Å²) in [4.78, 5) is 4.82. The summed E-state index contributed by atoms with van der Waals surface area (Å²) >= 11 is 0. The van der Waals surface area contributed by atoms with Crippen LogP contribution in [0.5, 0.6) is 0 Å². The lowest BCUT2D eigenvalue weighted by atomic mass is 10.2. The van der Waals surface area contributed by atoms with Gasteiger partial charge >= 0.3 is 0 Å². The van der Waals surface area contributed by atoms with Crippen LogP contribution < -0.4 is 5.32 Å². The van der Waals surface area contributed by atoms with Gasteiger partial charge in [-0.1, -0.05) is 0 Å². The molecule has 1 rings (SSSR count). The first-order valence-corrected chi connectivity index (χ1v) is 4.76. The summed E-state index contributed by atoms with van der Waals surface area (Å²) < 4.78 is 0. The molecule has 1 heterocycles. The van der Waals surface area contributed by atoms with E-state index in [-0.39, 0.29) is 0 Å². The predicted molar refractivity (Wildman–Crippen MR) is 52.2 cm³/mol. The predicted octanol–water partition coefficient (Wildman–Crippen LogP) is 0.188. The maximum absolute atomic E-state index is 3.42. The molecule has 1 aliphatic rings. The van der Waals surface area contributed by atoms with Crippen molar-refractivity contribution in [3.63, 3.8) is 0 Å². The summed E-state index contributed by atoms with van der Waals surface area (Å²) in [5, 5.41) is 3.42. The fourth-order valence-electron chi connectivity index (χ4n) is 1.79. The Kier molecular flexibility index (Phi) is 3.50. The summed E-state index contributed by atoms with van der Waals surface area (Å²) in [6.07, 6.45) is 0.568. The van der Waals surface area contributed by atoms with Gasteiger partial charge in [0, 0.05) is 25.7 Å². The van der Waals surface area contributed by atoms with Gasteiger partial charge in [-0.15, -0.1) is 0 Å². The zero-order chi connectivity index (χ0) is 9.14. The largest absolute Gasteiger partial charge is 0.313 e. The normalized spacial score (nSPS) is 27.0. The van der Waals surface area contributed by atoms with Crippen molar-refractivity contribution in [2.24, 2.45) is 0 Å². The van der Waals surface area contributed by atoms with E-state index >= 15 is 0 Å². The van der Waals surface area contributed by atoms with Crippen LogP contribution in [-0.2, 0) is 0 Å². The lowest BCUT2D eigenvalue weighted by molar-refractivity contribution is 0.0326. The van der Waals surface area contributed by atoms with E-state index in [2.05, 4.69) is 43.1 Å².